The zero-order valence-electron chi connectivity index (χ0n) is 22.5. The molecule has 1 unspecified atom stereocenters. The minimum Gasteiger partial charge on any atom is -0.381 e. The van der Waals surface area contributed by atoms with E-state index in [1.807, 2.05) is 19.1 Å². The first-order chi connectivity index (χ1) is 19.1. The molecule has 3 heterocycles. The number of likely N-dealkylation sites (N-methyl/N-ethyl adjacent to an activating group) is 1. The number of benzene rings is 2. The molecule has 1 saturated heterocycles. The van der Waals surface area contributed by atoms with E-state index >= 15 is 0 Å². The molecular formula is C28H32N6O5S. The summed E-state index contributed by atoms with van der Waals surface area (Å²) in [5, 5.41) is 6.09. The molecule has 0 radical (unpaired) electrons. The molecule has 3 N–H and O–H groups in total. The van der Waals surface area contributed by atoms with E-state index in [9.17, 15) is 18.0 Å². The van der Waals surface area contributed by atoms with Crippen LogP contribution in [0.1, 0.15) is 30.1 Å². The highest BCUT2D eigenvalue weighted by atomic mass is 32.2. The Hall–Kier alpha value is -4.16. The lowest BCUT2D eigenvalue weighted by molar-refractivity contribution is -0.119. The van der Waals surface area contributed by atoms with Crippen LogP contribution in [-0.4, -0.2) is 63.8 Å². The zero-order chi connectivity index (χ0) is 28.4. The van der Waals surface area contributed by atoms with E-state index in [1.165, 1.54) is 0 Å². The van der Waals surface area contributed by atoms with Crippen LogP contribution in [0.4, 0.5) is 34.3 Å². The molecule has 0 saturated carbocycles. The van der Waals surface area contributed by atoms with Gasteiger partial charge in [0, 0.05) is 49.3 Å². The molecule has 12 heteroatoms. The number of ether oxygens (including phenoxy) is 1. The highest BCUT2D eigenvalue weighted by molar-refractivity contribution is 7.92. The van der Waals surface area contributed by atoms with E-state index in [4.69, 9.17) is 4.74 Å². The number of pyridine rings is 1. The number of aromatic nitrogens is 1. The van der Waals surface area contributed by atoms with E-state index < -0.39 is 10.0 Å². The third-order valence-corrected chi connectivity index (χ3v) is 7.62. The summed E-state index contributed by atoms with van der Waals surface area (Å²) in [4.78, 5) is 34.3. The first-order valence-corrected chi connectivity index (χ1v) is 14.9. The summed E-state index contributed by atoms with van der Waals surface area (Å²) in [7, 11) is -1.67. The molecular weight excluding hydrogens is 532 g/mol. The van der Waals surface area contributed by atoms with Gasteiger partial charge in [0.2, 0.25) is 15.9 Å². The molecule has 2 aliphatic heterocycles. The molecule has 5 rings (SSSR count). The smallest absolute Gasteiger partial charge is 0.255 e. The third-order valence-electron chi connectivity index (χ3n) is 7.01. The number of anilines is 6. The molecule has 40 heavy (non-hydrogen) atoms. The topological polar surface area (TPSA) is 133 Å². The van der Waals surface area contributed by atoms with Gasteiger partial charge in [0.15, 0.2) is 0 Å². The average molecular weight is 565 g/mol. The van der Waals surface area contributed by atoms with Gasteiger partial charge in [-0.1, -0.05) is 12.1 Å². The van der Waals surface area contributed by atoms with Gasteiger partial charge < -0.3 is 25.2 Å². The van der Waals surface area contributed by atoms with Gasteiger partial charge in [-0.05, 0) is 56.2 Å². The second kappa shape index (κ2) is 11.1. The predicted octanol–water partition coefficient (Wildman–Crippen LogP) is 3.80. The number of carbonyl (C=O) groups is 2. The van der Waals surface area contributed by atoms with Crippen LogP contribution in [0, 0.1) is 0 Å². The van der Waals surface area contributed by atoms with Crippen molar-refractivity contribution in [2.24, 2.45) is 0 Å². The summed E-state index contributed by atoms with van der Waals surface area (Å²) in [5.41, 5.74) is 3.56. The van der Waals surface area contributed by atoms with Gasteiger partial charge >= 0.3 is 0 Å². The van der Waals surface area contributed by atoms with Gasteiger partial charge in [0.05, 0.1) is 29.5 Å². The Morgan fingerprint density at radius 1 is 1.00 bits per heavy atom. The van der Waals surface area contributed by atoms with E-state index in [0.29, 0.717) is 41.7 Å². The molecule has 1 fully saturated rings. The Bertz CT molecular complexity index is 1540. The molecule has 2 aliphatic rings. The van der Waals surface area contributed by atoms with Crippen molar-refractivity contribution in [1.82, 2.24) is 4.98 Å². The maximum atomic E-state index is 13.0. The molecule has 1 aromatic heterocycles. The Morgan fingerprint density at radius 3 is 2.45 bits per heavy atom. The van der Waals surface area contributed by atoms with Crippen molar-refractivity contribution in [2.75, 3.05) is 51.7 Å². The number of amides is 2. The van der Waals surface area contributed by atoms with E-state index in [1.54, 1.807) is 60.6 Å². The Labute approximate surface area is 233 Å². The molecule has 1 atom stereocenters. The summed E-state index contributed by atoms with van der Waals surface area (Å²) in [6.07, 6.45) is 4.45. The SMILES string of the molecule is CC1C(=O)N(C)c2cnc(Nc3cccc(C(=O)Nc4cccc(NS(C)(=O)=O)c4)c3)cc2N1C1CCOCC1. The number of hydrogen-bond donors (Lipinski definition) is 3. The lowest BCUT2D eigenvalue weighted by atomic mass is 10.00. The standard InChI is InChI=1S/C28H32N6O5S/c1-18-28(36)33(2)25-17-29-26(16-24(25)34(18)23-10-12-39-13-11-23)30-20-7-4-6-19(14-20)27(35)31-21-8-5-9-22(15-21)32-40(3,37)38/h4-9,14-18,23,32H,10-13H2,1-3H3,(H,29,30)(H,31,35). The Morgan fingerprint density at radius 2 is 1.70 bits per heavy atom. The lowest BCUT2D eigenvalue weighted by Gasteiger charge is -2.45. The van der Waals surface area contributed by atoms with Gasteiger partial charge in [0.1, 0.15) is 11.9 Å². The van der Waals surface area contributed by atoms with Gasteiger partial charge in [-0.2, -0.15) is 0 Å². The number of nitrogens with zero attached hydrogens (tertiary/aromatic N) is 3. The third kappa shape index (κ3) is 6.02. The average Bonchev–Trinajstić information content (AvgIpc) is 2.92. The second-order valence-corrected chi connectivity index (χ2v) is 11.7. The van der Waals surface area contributed by atoms with Crippen molar-refractivity contribution in [3.05, 3.63) is 66.4 Å². The summed E-state index contributed by atoms with van der Waals surface area (Å²) < 4.78 is 31.0. The van der Waals surface area contributed by atoms with Crippen molar-refractivity contribution < 1.29 is 22.7 Å². The van der Waals surface area contributed by atoms with Crippen molar-refractivity contribution >= 4 is 56.1 Å². The van der Waals surface area contributed by atoms with Crippen molar-refractivity contribution in [3.8, 4) is 0 Å². The maximum absolute atomic E-state index is 13.0. The van der Waals surface area contributed by atoms with Gasteiger partial charge in [-0.25, -0.2) is 13.4 Å². The first-order valence-electron chi connectivity index (χ1n) is 13.0. The van der Waals surface area contributed by atoms with E-state index in [0.717, 1.165) is 30.5 Å². The van der Waals surface area contributed by atoms with E-state index in [-0.39, 0.29) is 23.9 Å². The number of nitrogens with one attached hydrogen (secondary N) is 3. The minimum atomic E-state index is -3.44. The molecule has 210 valence electrons. The van der Waals surface area contributed by atoms with Gasteiger partial charge in [-0.3, -0.25) is 14.3 Å². The minimum absolute atomic E-state index is 0.0258. The van der Waals surface area contributed by atoms with Crippen molar-refractivity contribution in [2.45, 2.75) is 31.8 Å². The van der Waals surface area contributed by atoms with Crippen LogP contribution in [0.15, 0.2) is 60.8 Å². The number of fused-ring (bicyclic) bond motifs is 1. The van der Waals surface area contributed by atoms with Crippen molar-refractivity contribution in [3.63, 3.8) is 0 Å². The summed E-state index contributed by atoms with van der Waals surface area (Å²) in [5.74, 6) is 0.263. The Balaban J connectivity index is 1.35. The van der Waals surface area contributed by atoms with Crippen LogP contribution in [0.2, 0.25) is 0 Å². The number of rotatable bonds is 7. The Kier molecular flexibility index (Phi) is 7.63. The number of carbonyl (C=O) groups excluding carboxylic acids is 2. The van der Waals surface area contributed by atoms with Crippen LogP contribution in [0.5, 0.6) is 0 Å². The van der Waals surface area contributed by atoms with E-state index in [2.05, 4.69) is 25.2 Å². The molecule has 2 amide bonds. The predicted molar refractivity (Wildman–Crippen MR) is 156 cm³/mol. The second-order valence-electron chi connectivity index (χ2n) is 10.00. The van der Waals surface area contributed by atoms with Gasteiger partial charge in [-0.15, -0.1) is 0 Å². The molecule has 0 spiro atoms. The largest absolute Gasteiger partial charge is 0.381 e. The van der Waals surface area contributed by atoms with Crippen LogP contribution < -0.4 is 25.2 Å². The fourth-order valence-corrected chi connectivity index (χ4v) is 5.69. The normalized spacial score (nSPS) is 17.8. The highest BCUT2D eigenvalue weighted by Gasteiger charge is 2.38. The first kappa shape index (κ1) is 27.4. The zero-order valence-corrected chi connectivity index (χ0v) is 23.4. The summed E-state index contributed by atoms with van der Waals surface area (Å²) in [6.45, 7) is 3.26. The molecule has 11 nitrogen and oxygen atoms in total. The number of sulfonamides is 1. The maximum Gasteiger partial charge on any atom is 0.255 e. The molecule has 0 bridgehead atoms. The summed E-state index contributed by atoms with van der Waals surface area (Å²) in [6, 6.07) is 15.3. The van der Waals surface area contributed by atoms with Crippen LogP contribution in [0.25, 0.3) is 0 Å². The van der Waals surface area contributed by atoms with Crippen LogP contribution in [-0.2, 0) is 19.6 Å². The molecule has 2 aromatic carbocycles. The fraction of sp³-hybridized carbons (Fsp3) is 0.321. The number of hydrogen-bond acceptors (Lipinski definition) is 8. The van der Waals surface area contributed by atoms with Crippen molar-refractivity contribution in [1.29, 1.82) is 0 Å². The highest BCUT2D eigenvalue weighted by Crippen LogP contribution is 2.39. The molecule has 3 aromatic rings. The quantitative estimate of drug-likeness (QED) is 0.395. The summed E-state index contributed by atoms with van der Waals surface area (Å²) >= 11 is 0. The fourth-order valence-electron chi connectivity index (χ4n) is 5.14. The van der Waals surface area contributed by atoms with Crippen LogP contribution in [0.3, 0.4) is 0 Å². The van der Waals surface area contributed by atoms with Gasteiger partial charge in [0.25, 0.3) is 5.91 Å². The van der Waals surface area contributed by atoms with Crippen LogP contribution >= 0.6 is 0 Å². The monoisotopic (exact) mass is 564 g/mol. The molecule has 0 aliphatic carbocycles. The lowest BCUT2D eigenvalue weighted by Crippen LogP contribution is -2.55.